The average molecular weight is 541 g/mol. The minimum Gasteiger partial charge on any atom is -0.367 e. The molecule has 3 aromatic rings. The van der Waals surface area contributed by atoms with E-state index in [9.17, 15) is 8.42 Å². The van der Waals surface area contributed by atoms with Crippen LogP contribution in [0.25, 0.3) is 20.8 Å². The van der Waals surface area contributed by atoms with Crippen molar-refractivity contribution < 1.29 is 8.42 Å². The van der Waals surface area contributed by atoms with Gasteiger partial charge in [-0.1, -0.05) is 0 Å². The number of nitrogens with zero attached hydrogens (tertiary/aromatic N) is 4. The summed E-state index contributed by atoms with van der Waals surface area (Å²) in [5.41, 5.74) is 3.94. The highest BCUT2D eigenvalue weighted by molar-refractivity contribution is 7.92. The third-order valence-corrected chi connectivity index (χ3v) is 12.0. The van der Waals surface area contributed by atoms with E-state index in [1.165, 1.54) is 25.5 Å². The molecule has 3 saturated carbocycles. The number of thiazole rings is 1. The highest BCUT2D eigenvalue weighted by Gasteiger charge is 2.43. The standard InChI is InChI=1S/C27H36N6O2S2/c1-15-21(25-32-23-20(36-25)12-13-28-22(23)16-8-9-16)24(33-26(29-15)31-18-6-5-7-18)30-19-11-10-17(14-19)27(2,3)37(4,34)35/h12-13,16-19H,5-11,14H2,1-4H3,(H2,29,30,31,33)/t17-,19+/m1/s1. The molecule has 0 radical (unpaired) electrons. The van der Waals surface area contributed by atoms with E-state index < -0.39 is 14.6 Å². The van der Waals surface area contributed by atoms with Crippen LogP contribution in [0.4, 0.5) is 11.8 Å². The van der Waals surface area contributed by atoms with Gasteiger partial charge in [-0.3, -0.25) is 4.98 Å². The molecule has 0 amide bonds. The second-order valence-corrected chi connectivity index (χ2v) is 15.3. The summed E-state index contributed by atoms with van der Waals surface area (Å²) in [5.74, 6) is 2.07. The molecule has 3 aliphatic rings. The highest BCUT2D eigenvalue weighted by atomic mass is 32.2. The van der Waals surface area contributed by atoms with E-state index in [4.69, 9.17) is 15.0 Å². The Morgan fingerprint density at radius 1 is 1.00 bits per heavy atom. The molecule has 0 bridgehead atoms. The van der Waals surface area contributed by atoms with Gasteiger partial charge < -0.3 is 10.6 Å². The molecule has 0 unspecified atom stereocenters. The first-order valence-corrected chi connectivity index (χ1v) is 16.2. The molecule has 3 aromatic heterocycles. The van der Waals surface area contributed by atoms with E-state index in [0.29, 0.717) is 17.9 Å². The minimum atomic E-state index is -3.16. The van der Waals surface area contributed by atoms with Crippen molar-refractivity contribution in [3.05, 3.63) is 23.7 Å². The fourth-order valence-corrected chi connectivity index (χ4v) is 7.50. The van der Waals surface area contributed by atoms with Crippen LogP contribution in [0.1, 0.15) is 82.5 Å². The van der Waals surface area contributed by atoms with Gasteiger partial charge in [0.15, 0.2) is 9.84 Å². The molecule has 2 N–H and O–H groups in total. The van der Waals surface area contributed by atoms with Gasteiger partial charge in [0.2, 0.25) is 5.95 Å². The zero-order valence-electron chi connectivity index (χ0n) is 22.0. The number of rotatable bonds is 8. The Balaban J connectivity index is 1.35. The molecule has 6 rings (SSSR count). The van der Waals surface area contributed by atoms with Crippen molar-refractivity contribution in [3.8, 4) is 10.6 Å². The molecule has 0 aliphatic heterocycles. The average Bonchev–Trinajstić information content (AvgIpc) is 3.37. The van der Waals surface area contributed by atoms with E-state index in [1.807, 2.05) is 33.0 Å². The molecular weight excluding hydrogens is 504 g/mol. The van der Waals surface area contributed by atoms with Crippen LogP contribution in [0.5, 0.6) is 0 Å². The number of fused-ring (bicyclic) bond motifs is 1. The third kappa shape index (κ3) is 4.71. The fraction of sp³-hybridized carbons (Fsp3) is 0.630. The van der Waals surface area contributed by atoms with Crippen molar-refractivity contribution in [2.24, 2.45) is 5.92 Å². The molecule has 37 heavy (non-hydrogen) atoms. The van der Waals surface area contributed by atoms with Gasteiger partial charge in [0.25, 0.3) is 0 Å². The number of hydrogen-bond donors (Lipinski definition) is 2. The normalized spacial score (nSPS) is 22.8. The van der Waals surface area contributed by atoms with Crippen molar-refractivity contribution >= 4 is 43.2 Å². The summed E-state index contributed by atoms with van der Waals surface area (Å²) in [6.45, 7) is 5.76. The van der Waals surface area contributed by atoms with Gasteiger partial charge in [0, 0.05) is 30.5 Å². The predicted octanol–water partition coefficient (Wildman–Crippen LogP) is 5.70. The molecular formula is C27H36N6O2S2. The van der Waals surface area contributed by atoms with Gasteiger partial charge in [0.1, 0.15) is 16.3 Å². The summed E-state index contributed by atoms with van der Waals surface area (Å²) in [7, 11) is -3.16. The Morgan fingerprint density at radius 2 is 1.78 bits per heavy atom. The van der Waals surface area contributed by atoms with Crippen molar-refractivity contribution in [2.45, 2.75) is 94.9 Å². The molecule has 0 saturated heterocycles. The summed E-state index contributed by atoms with van der Waals surface area (Å²) in [6.07, 6.45) is 11.7. The molecule has 3 aliphatic carbocycles. The lowest BCUT2D eigenvalue weighted by molar-refractivity contribution is 0.404. The number of sulfone groups is 1. The summed E-state index contributed by atoms with van der Waals surface area (Å²) in [6, 6.07) is 2.63. The largest absolute Gasteiger partial charge is 0.367 e. The topological polar surface area (TPSA) is 110 Å². The molecule has 3 heterocycles. The number of pyridine rings is 1. The van der Waals surface area contributed by atoms with Crippen LogP contribution in [0.3, 0.4) is 0 Å². The van der Waals surface area contributed by atoms with Crippen LogP contribution in [0.15, 0.2) is 12.3 Å². The summed E-state index contributed by atoms with van der Waals surface area (Å²) in [4.78, 5) is 19.6. The molecule has 0 spiro atoms. The van der Waals surface area contributed by atoms with Crippen molar-refractivity contribution in [1.29, 1.82) is 0 Å². The lowest BCUT2D eigenvalue weighted by Gasteiger charge is -2.30. The Hall–Kier alpha value is -2.33. The number of anilines is 2. The van der Waals surface area contributed by atoms with Gasteiger partial charge in [0.05, 0.1) is 26.4 Å². The zero-order chi connectivity index (χ0) is 25.9. The van der Waals surface area contributed by atoms with Crippen LogP contribution in [-0.4, -0.2) is 51.4 Å². The van der Waals surface area contributed by atoms with Crippen LogP contribution in [0, 0.1) is 12.8 Å². The molecule has 198 valence electrons. The molecule has 10 heteroatoms. The minimum absolute atomic E-state index is 0.105. The van der Waals surface area contributed by atoms with E-state index in [0.717, 1.165) is 70.1 Å². The summed E-state index contributed by atoms with van der Waals surface area (Å²) >= 11 is 1.67. The Kier molecular flexibility index (Phi) is 6.18. The predicted molar refractivity (Wildman–Crippen MR) is 150 cm³/mol. The maximum absolute atomic E-state index is 12.5. The number of hydrogen-bond acceptors (Lipinski definition) is 9. The fourth-order valence-electron chi connectivity index (χ4n) is 5.61. The molecule has 2 atom stereocenters. The van der Waals surface area contributed by atoms with Gasteiger partial charge >= 0.3 is 0 Å². The van der Waals surface area contributed by atoms with E-state index in [1.54, 1.807) is 11.3 Å². The van der Waals surface area contributed by atoms with Gasteiger partial charge in [-0.05, 0) is 84.1 Å². The first-order chi connectivity index (χ1) is 17.6. The Morgan fingerprint density at radius 3 is 2.46 bits per heavy atom. The molecule has 8 nitrogen and oxygen atoms in total. The SMILES string of the molecule is Cc1nc(NC2CCC2)nc(N[C@H]2CC[C@@H](C(C)(C)S(C)(=O)=O)C2)c1-c1nc2c(C3CC3)nccc2s1. The third-order valence-electron chi connectivity index (χ3n) is 8.75. The lowest BCUT2D eigenvalue weighted by atomic mass is 9.93. The Labute approximate surface area is 223 Å². The highest BCUT2D eigenvalue weighted by Crippen LogP contribution is 2.45. The summed E-state index contributed by atoms with van der Waals surface area (Å²) in [5, 5.41) is 8.13. The second-order valence-electron chi connectivity index (χ2n) is 11.7. The van der Waals surface area contributed by atoms with Gasteiger partial charge in [-0.15, -0.1) is 11.3 Å². The first-order valence-electron chi connectivity index (χ1n) is 13.5. The number of aromatic nitrogens is 4. The van der Waals surface area contributed by atoms with Crippen LogP contribution in [0.2, 0.25) is 0 Å². The Bertz CT molecular complexity index is 1440. The molecule has 3 fully saturated rings. The lowest BCUT2D eigenvalue weighted by Crippen LogP contribution is -2.38. The second kappa shape index (κ2) is 9.15. The van der Waals surface area contributed by atoms with Crippen molar-refractivity contribution in [1.82, 2.24) is 19.9 Å². The smallest absolute Gasteiger partial charge is 0.225 e. The number of nitrogens with one attached hydrogen (secondary N) is 2. The monoisotopic (exact) mass is 540 g/mol. The van der Waals surface area contributed by atoms with Gasteiger partial charge in [-0.25, -0.2) is 18.4 Å². The number of aryl methyl sites for hydroxylation is 1. The van der Waals surface area contributed by atoms with E-state index in [2.05, 4.69) is 15.6 Å². The first kappa shape index (κ1) is 25.0. The van der Waals surface area contributed by atoms with E-state index in [-0.39, 0.29) is 12.0 Å². The van der Waals surface area contributed by atoms with Crippen LogP contribution >= 0.6 is 11.3 Å². The van der Waals surface area contributed by atoms with Gasteiger partial charge in [-0.2, -0.15) is 4.98 Å². The maximum Gasteiger partial charge on any atom is 0.225 e. The molecule has 0 aromatic carbocycles. The quantitative estimate of drug-likeness (QED) is 0.374. The van der Waals surface area contributed by atoms with Crippen LogP contribution < -0.4 is 10.6 Å². The van der Waals surface area contributed by atoms with Crippen molar-refractivity contribution in [3.63, 3.8) is 0 Å². The maximum atomic E-state index is 12.5. The zero-order valence-corrected chi connectivity index (χ0v) is 23.7. The van der Waals surface area contributed by atoms with Crippen molar-refractivity contribution in [2.75, 3.05) is 16.9 Å². The van der Waals surface area contributed by atoms with E-state index >= 15 is 0 Å². The summed E-state index contributed by atoms with van der Waals surface area (Å²) < 4.78 is 25.3. The van der Waals surface area contributed by atoms with Crippen LogP contribution in [-0.2, 0) is 9.84 Å².